The van der Waals surface area contributed by atoms with Crippen molar-refractivity contribution < 1.29 is 9.13 Å². The molecule has 3 N–H and O–H groups in total. The molecule has 0 heterocycles. The first kappa shape index (κ1) is 13.1. The van der Waals surface area contributed by atoms with Gasteiger partial charge < -0.3 is 15.8 Å². The lowest BCUT2D eigenvalue weighted by atomic mass is 9.96. The fraction of sp³-hybridized carbons (Fsp3) is 0.571. The second kappa shape index (κ2) is 5.14. The maximum atomic E-state index is 13.3. The van der Waals surface area contributed by atoms with Crippen LogP contribution in [0, 0.1) is 11.7 Å². The molecule has 3 nitrogen and oxygen atoms in total. The fourth-order valence-corrected chi connectivity index (χ4v) is 2.79. The van der Waals surface area contributed by atoms with Gasteiger partial charge in [0.25, 0.3) is 0 Å². The van der Waals surface area contributed by atoms with Gasteiger partial charge in [-0.1, -0.05) is 6.92 Å². The summed E-state index contributed by atoms with van der Waals surface area (Å²) in [5.74, 6) is 0.603. The van der Waals surface area contributed by atoms with Crippen LogP contribution in [-0.4, -0.2) is 19.2 Å². The molecule has 4 heteroatoms. The summed E-state index contributed by atoms with van der Waals surface area (Å²) in [5, 5.41) is 3.46. The van der Waals surface area contributed by atoms with Gasteiger partial charge in [0.2, 0.25) is 0 Å². The molecule has 0 saturated heterocycles. The van der Waals surface area contributed by atoms with E-state index < -0.39 is 0 Å². The lowest BCUT2D eigenvalue weighted by molar-refractivity contribution is 0.386. The Bertz CT molecular complexity index is 424. The van der Waals surface area contributed by atoms with E-state index in [0.717, 1.165) is 18.5 Å². The van der Waals surface area contributed by atoms with Crippen molar-refractivity contribution in [1.29, 1.82) is 0 Å². The average Bonchev–Trinajstić information content (AvgIpc) is 2.74. The molecule has 2 unspecified atom stereocenters. The molecule has 1 aliphatic rings. The first-order valence-corrected chi connectivity index (χ1v) is 6.40. The second-order valence-corrected chi connectivity index (χ2v) is 5.31. The molecule has 1 aliphatic carbocycles. The van der Waals surface area contributed by atoms with Gasteiger partial charge in [0, 0.05) is 23.8 Å². The summed E-state index contributed by atoms with van der Waals surface area (Å²) >= 11 is 0. The summed E-state index contributed by atoms with van der Waals surface area (Å²) in [6.07, 6.45) is 3.30. The molecule has 2 rings (SSSR count). The zero-order chi connectivity index (χ0) is 13.2. The van der Waals surface area contributed by atoms with Crippen LogP contribution in [-0.2, 0) is 0 Å². The van der Waals surface area contributed by atoms with Gasteiger partial charge in [-0.25, -0.2) is 4.39 Å². The molecule has 1 saturated carbocycles. The van der Waals surface area contributed by atoms with Crippen LogP contribution in [0.15, 0.2) is 18.2 Å². The predicted octanol–water partition coefficient (Wildman–Crippen LogP) is 2.76. The van der Waals surface area contributed by atoms with E-state index in [0.29, 0.717) is 12.5 Å². The normalized spacial score (nSPS) is 27.2. The molecular weight excluding hydrogens is 231 g/mol. The molecular formula is C14H21FN2O. The van der Waals surface area contributed by atoms with E-state index in [1.165, 1.54) is 19.6 Å². The monoisotopic (exact) mass is 252 g/mol. The van der Waals surface area contributed by atoms with E-state index in [4.69, 9.17) is 10.5 Å². The van der Waals surface area contributed by atoms with Crippen LogP contribution < -0.4 is 15.8 Å². The summed E-state index contributed by atoms with van der Waals surface area (Å²) in [7, 11) is 1.47. The van der Waals surface area contributed by atoms with Crippen molar-refractivity contribution in [2.45, 2.75) is 31.7 Å². The number of anilines is 1. The van der Waals surface area contributed by atoms with Crippen LogP contribution in [0.3, 0.4) is 0 Å². The van der Waals surface area contributed by atoms with Gasteiger partial charge in [0.15, 0.2) is 11.6 Å². The topological polar surface area (TPSA) is 47.3 Å². The van der Waals surface area contributed by atoms with Crippen molar-refractivity contribution in [3.8, 4) is 5.75 Å². The largest absolute Gasteiger partial charge is 0.494 e. The van der Waals surface area contributed by atoms with E-state index in [2.05, 4.69) is 12.2 Å². The highest BCUT2D eigenvalue weighted by Crippen LogP contribution is 2.37. The minimum atomic E-state index is -0.343. The Morgan fingerprint density at radius 2 is 2.33 bits per heavy atom. The Balaban J connectivity index is 2.17. The highest BCUT2D eigenvalue weighted by molar-refractivity contribution is 5.51. The number of nitrogens with one attached hydrogen (secondary N) is 1. The standard InChI is InChI=1S/C14H21FN2O/c1-10-5-6-14(8-10,9-16)17-11-3-4-12(15)13(7-11)18-2/h3-4,7,10,17H,5-6,8-9,16H2,1-2H3. The zero-order valence-corrected chi connectivity index (χ0v) is 11.0. The molecule has 1 aromatic carbocycles. The molecule has 0 bridgehead atoms. The quantitative estimate of drug-likeness (QED) is 0.866. The summed E-state index contributed by atoms with van der Waals surface area (Å²) < 4.78 is 18.3. The second-order valence-electron chi connectivity index (χ2n) is 5.31. The molecule has 0 radical (unpaired) electrons. The SMILES string of the molecule is COc1cc(NC2(CN)CCC(C)C2)ccc1F. The molecule has 0 aromatic heterocycles. The molecule has 1 aromatic rings. The van der Waals surface area contributed by atoms with Gasteiger partial charge in [-0.2, -0.15) is 0 Å². The Morgan fingerprint density at radius 1 is 1.56 bits per heavy atom. The minimum Gasteiger partial charge on any atom is -0.494 e. The van der Waals surface area contributed by atoms with Crippen LogP contribution in [0.1, 0.15) is 26.2 Å². The highest BCUT2D eigenvalue weighted by atomic mass is 19.1. The van der Waals surface area contributed by atoms with Gasteiger partial charge in [0.05, 0.1) is 7.11 Å². The molecule has 2 atom stereocenters. The number of methoxy groups -OCH3 is 1. The van der Waals surface area contributed by atoms with Crippen molar-refractivity contribution in [3.63, 3.8) is 0 Å². The Hall–Kier alpha value is -1.29. The van der Waals surface area contributed by atoms with Crippen molar-refractivity contribution in [3.05, 3.63) is 24.0 Å². The molecule has 0 spiro atoms. The molecule has 18 heavy (non-hydrogen) atoms. The third-order valence-corrected chi connectivity index (χ3v) is 3.81. The lowest BCUT2D eigenvalue weighted by Crippen LogP contribution is -2.43. The third-order valence-electron chi connectivity index (χ3n) is 3.81. The number of rotatable bonds is 4. The van der Waals surface area contributed by atoms with E-state index in [9.17, 15) is 4.39 Å². The summed E-state index contributed by atoms with van der Waals surface area (Å²) in [4.78, 5) is 0. The number of ether oxygens (including phenoxy) is 1. The minimum absolute atomic E-state index is 0.0533. The average molecular weight is 252 g/mol. The van der Waals surface area contributed by atoms with Crippen molar-refractivity contribution in [1.82, 2.24) is 0 Å². The smallest absolute Gasteiger partial charge is 0.165 e. The van der Waals surface area contributed by atoms with Crippen LogP contribution in [0.25, 0.3) is 0 Å². The number of nitrogens with two attached hydrogens (primary N) is 1. The predicted molar refractivity (Wildman–Crippen MR) is 71.4 cm³/mol. The van der Waals surface area contributed by atoms with Crippen LogP contribution in [0.5, 0.6) is 5.75 Å². The van der Waals surface area contributed by atoms with Crippen molar-refractivity contribution >= 4 is 5.69 Å². The maximum Gasteiger partial charge on any atom is 0.165 e. The van der Waals surface area contributed by atoms with Crippen molar-refractivity contribution in [2.75, 3.05) is 19.0 Å². The molecule has 100 valence electrons. The Morgan fingerprint density at radius 3 is 2.89 bits per heavy atom. The van der Waals surface area contributed by atoms with Gasteiger partial charge in [-0.05, 0) is 37.3 Å². The van der Waals surface area contributed by atoms with Crippen LogP contribution in [0.4, 0.5) is 10.1 Å². The number of hydrogen-bond acceptors (Lipinski definition) is 3. The lowest BCUT2D eigenvalue weighted by Gasteiger charge is -2.30. The molecule has 0 aliphatic heterocycles. The summed E-state index contributed by atoms with van der Waals surface area (Å²) in [6, 6.07) is 4.84. The molecule has 1 fully saturated rings. The first-order chi connectivity index (χ1) is 8.58. The van der Waals surface area contributed by atoms with E-state index in [1.807, 2.05) is 0 Å². The molecule has 0 amide bonds. The van der Waals surface area contributed by atoms with Crippen molar-refractivity contribution in [2.24, 2.45) is 11.7 Å². The zero-order valence-electron chi connectivity index (χ0n) is 11.0. The maximum absolute atomic E-state index is 13.3. The Kier molecular flexibility index (Phi) is 3.76. The summed E-state index contributed by atoms with van der Waals surface area (Å²) in [5.41, 5.74) is 6.73. The van der Waals surface area contributed by atoms with Crippen LogP contribution >= 0.6 is 0 Å². The third kappa shape index (κ3) is 2.58. The fourth-order valence-electron chi connectivity index (χ4n) is 2.79. The first-order valence-electron chi connectivity index (χ1n) is 6.40. The summed E-state index contributed by atoms with van der Waals surface area (Å²) in [6.45, 7) is 2.83. The van der Waals surface area contributed by atoms with Gasteiger partial charge in [-0.3, -0.25) is 0 Å². The van der Waals surface area contributed by atoms with Gasteiger partial charge in [0.1, 0.15) is 0 Å². The van der Waals surface area contributed by atoms with Gasteiger partial charge in [-0.15, -0.1) is 0 Å². The number of halogens is 1. The van der Waals surface area contributed by atoms with E-state index >= 15 is 0 Å². The van der Waals surface area contributed by atoms with Gasteiger partial charge >= 0.3 is 0 Å². The Labute approximate surface area is 108 Å². The highest BCUT2D eigenvalue weighted by Gasteiger charge is 2.36. The van der Waals surface area contributed by atoms with Crippen LogP contribution in [0.2, 0.25) is 0 Å². The van der Waals surface area contributed by atoms with E-state index in [1.54, 1.807) is 12.1 Å². The number of benzene rings is 1. The number of hydrogen-bond donors (Lipinski definition) is 2. The van der Waals surface area contributed by atoms with E-state index in [-0.39, 0.29) is 17.1 Å².